The Hall–Kier alpha value is -1.25. The molecule has 0 bridgehead atoms. The first-order chi connectivity index (χ1) is 14.6. The van der Waals surface area contributed by atoms with Crippen molar-refractivity contribution < 1.29 is 14.3 Å². The van der Waals surface area contributed by atoms with Crippen LogP contribution in [0, 0.1) is 0 Å². The van der Waals surface area contributed by atoms with Gasteiger partial charge < -0.3 is 14.3 Å². The fraction of sp³-hybridized carbons (Fsp3) is 0.538. The number of rotatable bonds is 15. The maximum Gasteiger partial charge on any atom is 0.0694 e. The largest absolute Gasteiger partial charge is 0.820 e. The molecule has 0 saturated heterocycles. The first-order valence-corrected chi connectivity index (χ1v) is 12.6. The highest BCUT2D eigenvalue weighted by Crippen LogP contribution is 2.44. The third-order valence-electron chi connectivity index (χ3n) is 6.19. The summed E-state index contributed by atoms with van der Waals surface area (Å²) in [6.45, 7) is 4.14. The molecule has 3 nitrogen and oxygen atoms in total. The van der Waals surface area contributed by atoms with Crippen molar-refractivity contribution in [1.82, 2.24) is 0 Å². The zero-order chi connectivity index (χ0) is 21.7. The van der Waals surface area contributed by atoms with Gasteiger partial charge in [0.05, 0.1) is 6.10 Å². The molecule has 2 aromatic carbocycles. The number of hydrogen-bond acceptors (Lipinski definition) is 3. The first kappa shape index (κ1) is 25.0. The standard InChI is InChI=1S/C26H37O3P/c1-3-4-5-6-7-8-9-10-17-22-26(23(2)29-30(27)28,24-18-13-11-14-19-24)25-20-15-12-16-21-25/h11-16,18-21,23H,3-10,17,22H2,1-2H3/q-2. The molecule has 0 saturated carbocycles. The molecule has 0 N–H and O–H groups in total. The topological polar surface area (TPSA) is 55.3 Å². The van der Waals surface area contributed by atoms with E-state index in [1.165, 1.54) is 44.9 Å². The zero-order valence-corrected chi connectivity index (χ0v) is 19.5. The summed E-state index contributed by atoms with van der Waals surface area (Å²) in [5.74, 6) is 0. The van der Waals surface area contributed by atoms with E-state index in [4.69, 9.17) is 4.52 Å². The van der Waals surface area contributed by atoms with Crippen LogP contribution in [0.2, 0.25) is 0 Å². The molecule has 0 aliphatic rings. The Balaban J connectivity index is 2.12. The van der Waals surface area contributed by atoms with Crippen LogP contribution in [0.4, 0.5) is 0 Å². The van der Waals surface area contributed by atoms with Gasteiger partial charge in [0.1, 0.15) is 0 Å². The van der Waals surface area contributed by atoms with E-state index in [9.17, 15) is 9.79 Å². The van der Waals surface area contributed by atoms with Gasteiger partial charge in [-0.1, -0.05) is 125 Å². The van der Waals surface area contributed by atoms with Crippen LogP contribution in [0.25, 0.3) is 0 Å². The number of hydrogen-bond donors (Lipinski definition) is 0. The summed E-state index contributed by atoms with van der Waals surface area (Å²) in [5, 5.41) is 0. The Kier molecular flexibility index (Phi) is 11.6. The van der Waals surface area contributed by atoms with E-state index in [1.807, 2.05) is 43.3 Å². The van der Waals surface area contributed by atoms with Gasteiger partial charge in [0.25, 0.3) is 0 Å². The minimum absolute atomic E-state index is 0.475. The minimum atomic E-state index is -2.92. The lowest BCUT2D eigenvalue weighted by Crippen LogP contribution is -2.41. The Bertz CT molecular complexity index is 636. The maximum absolute atomic E-state index is 11.5. The Morgan fingerprint density at radius 1 is 0.733 bits per heavy atom. The molecule has 0 heterocycles. The molecule has 0 fully saturated rings. The lowest BCUT2D eigenvalue weighted by Gasteiger charge is -2.45. The highest BCUT2D eigenvalue weighted by atomic mass is 31.2. The highest BCUT2D eigenvalue weighted by molar-refractivity contribution is 7.36. The van der Waals surface area contributed by atoms with Crippen LogP contribution in [0.15, 0.2) is 60.7 Å². The molecular formula is C26H37O3P-2. The monoisotopic (exact) mass is 428 g/mol. The Labute approximate surface area is 184 Å². The van der Waals surface area contributed by atoms with Crippen LogP contribution < -0.4 is 9.79 Å². The van der Waals surface area contributed by atoms with Crippen LogP contribution in [0.1, 0.15) is 89.2 Å². The molecule has 0 aliphatic carbocycles. The SMILES string of the molecule is CCCCCCCCCCCC(c1ccccc1)(c1ccccc1)C(C)OP([O-])[O-]. The van der Waals surface area contributed by atoms with Crippen molar-refractivity contribution in [3.8, 4) is 0 Å². The van der Waals surface area contributed by atoms with E-state index in [0.29, 0.717) is 0 Å². The highest BCUT2D eigenvalue weighted by Gasteiger charge is 2.39. The van der Waals surface area contributed by atoms with Crippen molar-refractivity contribution in [2.75, 3.05) is 0 Å². The van der Waals surface area contributed by atoms with Crippen LogP contribution in [0.5, 0.6) is 0 Å². The van der Waals surface area contributed by atoms with Crippen LogP contribution in [-0.2, 0) is 9.94 Å². The van der Waals surface area contributed by atoms with Crippen molar-refractivity contribution in [3.63, 3.8) is 0 Å². The average Bonchev–Trinajstić information content (AvgIpc) is 2.76. The predicted octanol–water partition coefficient (Wildman–Crippen LogP) is 6.25. The molecule has 4 heteroatoms. The summed E-state index contributed by atoms with van der Waals surface area (Å²) in [5.41, 5.74) is 1.74. The molecule has 2 aromatic rings. The first-order valence-electron chi connectivity index (χ1n) is 11.5. The van der Waals surface area contributed by atoms with Crippen molar-refractivity contribution in [2.24, 2.45) is 0 Å². The summed E-state index contributed by atoms with van der Waals surface area (Å²) >= 11 is 0. The van der Waals surface area contributed by atoms with Gasteiger partial charge in [-0.3, -0.25) is 0 Å². The third-order valence-corrected chi connectivity index (χ3v) is 6.68. The van der Waals surface area contributed by atoms with E-state index >= 15 is 0 Å². The second-order valence-electron chi connectivity index (χ2n) is 8.25. The molecule has 2 rings (SSSR count). The van der Waals surface area contributed by atoms with E-state index < -0.39 is 20.1 Å². The fourth-order valence-corrected chi connectivity index (χ4v) is 4.97. The minimum Gasteiger partial charge on any atom is -0.820 e. The quantitative estimate of drug-likeness (QED) is 0.249. The molecule has 0 amide bonds. The average molecular weight is 429 g/mol. The molecular weight excluding hydrogens is 391 g/mol. The second-order valence-corrected chi connectivity index (χ2v) is 8.91. The van der Waals surface area contributed by atoms with Gasteiger partial charge in [-0.15, -0.1) is 0 Å². The Morgan fingerprint density at radius 3 is 1.60 bits per heavy atom. The summed E-state index contributed by atoms with van der Waals surface area (Å²) in [6.07, 6.45) is 11.7. The molecule has 166 valence electrons. The maximum atomic E-state index is 11.5. The van der Waals surface area contributed by atoms with Gasteiger partial charge in [-0.2, -0.15) is 8.60 Å². The van der Waals surface area contributed by atoms with E-state index in [2.05, 4.69) is 31.2 Å². The van der Waals surface area contributed by atoms with Crippen molar-refractivity contribution in [3.05, 3.63) is 71.8 Å². The fourth-order valence-electron chi connectivity index (χ4n) is 4.53. The summed E-state index contributed by atoms with van der Waals surface area (Å²) in [7, 11) is -2.92. The number of unbranched alkanes of at least 4 members (excludes halogenated alkanes) is 8. The van der Waals surface area contributed by atoms with Gasteiger partial charge in [0, 0.05) is 5.41 Å². The van der Waals surface area contributed by atoms with Gasteiger partial charge in [0.2, 0.25) is 0 Å². The van der Waals surface area contributed by atoms with Gasteiger partial charge >= 0.3 is 0 Å². The smallest absolute Gasteiger partial charge is 0.0694 e. The van der Waals surface area contributed by atoms with Crippen LogP contribution in [-0.4, -0.2) is 6.10 Å². The van der Waals surface area contributed by atoms with Gasteiger partial charge in [-0.25, -0.2) is 0 Å². The molecule has 1 atom stereocenters. The van der Waals surface area contributed by atoms with E-state index in [0.717, 1.165) is 30.4 Å². The third kappa shape index (κ3) is 7.46. The van der Waals surface area contributed by atoms with E-state index in [-0.39, 0.29) is 0 Å². The molecule has 0 aliphatic heterocycles. The van der Waals surface area contributed by atoms with Crippen molar-refractivity contribution in [2.45, 2.75) is 89.6 Å². The molecule has 0 aromatic heterocycles. The molecule has 30 heavy (non-hydrogen) atoms. The number of benzene rings is 2. The van der Waals surface area contributed by atoms with Gasteiger partial charge in [0.15, 0.2) is 0 Å². The van der Waals surface area contributed by atoms with Crippen LogP contribution in [0.3, 0.4) is 0 Å². The zero-order valence-electron chi connectivity index (χ0n) is 18.6. The van der Waals surface area contributed by atoms with E-state index in [1.54, 1.807) is 0 Å². The molecule has 0 spiro atoms. The summed E-state index contributed by atoms with van der Waals surface area (Å²) < 4.78 is 5.41. The van der Waals surface area contributed by atoms with Crippen LogP contribution >= 0.6 is 8.60 Å². The molecule has 1 unspecified atom stereocenters. The molecule has 0 radical (unpaired) electrons. The normalized spacial score (nSPS) is 13.0. The lowest BCUT2D eigenvalue weighted by molar-refractivity contribution is -0.322. The predicted molar refractivity (Wildman–Crippen MR) is 123 cm³/mol. The van der Waals surface area contributed by atoms with Crippen molar-refractivity contribution >= 4 is 8.60 Å². The van der Waals surface area contributed by atoms with Gasteiger partial charge in [-0.05, 0) is 24.5 Å². The summed E-state index contributed by atoms with van der Waals surface area (Å²) in [6, 6.07) is 20.5. The second kappa shape index (κ2) is 13.9. The lowest BCUT2D eigenvalue weighted by atomic mass is 9.67. The Morgan fingerprint density at radius 2 is 1.17 bits per heavy atom. The summed E-state index contributed by atoms with van der Waals surface area (Å²) in [4.78, 5) is 22.9. The van der Waals surface area contributed by atoms with Crippen molar-refractivity contribution in [1.29, 1.82) is 0 Å².